The third-order valence-electron chi connectivity index (χ3n) is 10.7. The summed E-state index contributed by atoms with van der Waals surface area (Å²) in [5, 5.41) is 2.51. The Morgan fingerprint density at radius 3 is 2.08 bits per heavy atom. The van der Waals surface area contributed by atoms with Gasteiger partial charge in [0, 0.05) is 45.4 Å². The molecule has 9 rings (SSSR count). The van der Waals surface area contributed by atoms with Crippen molar-refractivity contribution in [1.29, 1.82) is 0 Å². The summed E-state index contributed by atoms with van der Waals surface area (Å²) in [7, 11) is 0. The molecule has 49 heavy (non-hydrogen) atoms. The van der Waals surface area contributed by atoms with Gasteiger partial charge in [0.25, 0.3) is 0 Å². The molecule has 6 aromatic carbocycles. The summed E-state index contributed by atoms with van der Waals surface area (Å²) in [6.07, 6.45) is 10.1. The topological polar surface area (TPSA) is 8.17 Å². The number of aromatic nitrogens is 1. The zero-order valence-electron chi connectivity index (χ0n) is 28.0. The Hall–Kier alpha value is -6.04. The molecule has 0 atom stereocenters. The molecule has 0 bridgehead atoms. The maximum Gasteiger partial charge on any atom is 0.0541 e. The minimum Gasteiger partial charge on any atom is -0.336 e. The van der Waals surface area contributed by atoms with E-state index in [1.165, 1.54) is 83.4 Å². The number of anilines is 2. The quantitative estimate of drug-likeness (QED) is 0.177. The highest BCUT2D eigenvalue weighted by molar-refractivity contribution is 6.10. The predicted molar refractivity (Wildman–Crippen MR) is 208 cm³/mol. The van der Waals surface area contributed by atoms with E-state index in [0.717, 1.165) is 12.1 Å². The number of allylic oxidation sites excluding steroid dienone is 4. The van der Waals surface area contributed by atoms with Crippen LogP contribution < -0.4 is 4.90 Å². The largest absolute Gasteiger partial charge is 0.336 e. The van der Waals surface area contributed by atoms with Crippen LogP contribution in [0.5, 0.6) is 0 Å². The van der Waals surface area contributed by atoms with E-state index in [2.05, 4.69) is 176 Å². The van der Waals surface area contributed by atoms with Gasteiger partial charge in [-0.3, -0.25) is 0 Å². The minimum absolute atomic E-state index is 0.129. The Morgan fingerprint density at radius 1 is 0.653 bits per heavy atom. The second kappa shape index (κ2) is 11.0. The Labute approximate surface area is 288 Å². The van der Waals surface area contributed by atoms with E-state index < -0.39 is 0 Å². The van der Waals surface area contributed by atoms with Crippen LogP contribution in [0, 0.1) is 12.3 Å². The van der Waals surface area contributed by atoms with E-state index in [1.54, 1.807) is 0 Å². The van der Waals surface area contributed by atoms with Crippen molar-refractivity contribution in [2.24, 2.45) is 0 Å². The zero-order chi connectivity index (χ0) is 33.3. The van der Waals surface area contributed by atoms with Crippen molar-refractivity contribution in [1.82, 2.24) is 4.57 Å². The van der Waals surface area contributed by atoms with Gasteiger partial charge < -0.3 is 9.47 Å². The van der Waals surface area contributed by atoms with Crippen molar-refractivity contribution in [2.45, 2.75) is 32.7 Å². The predicted octanol–water partition coefficient (Wildman–Crippen LogP) is 12.0. The molecule has 0 amide bonds. The summed E-state index contributed by atoms with van der Waals surface area (Å²) in [6, 6.07) is 48.9. The first-order chi connectivity index (χ1) is 24.0. The normalized spacial score (nSPS) is 16.2. The van der Waals surface area contributed by atoms with E-state index in [0.29, 0.717) is 0 Å². The van der Waals surface area contributed by atoms with Gasteiger partial charge in [0.2, 0.25) is 0 Å². The molecule has 0 N–H and O–H groups in total. The summed E-state index contributed by atoms with van der Waals surface area (Å²) in [5.74, 6) is 2.84. The van der Waals surface area contributed by atoms with E-state index in [9.17, 15) is 0 Å². The Morgan fingerprint density at radius 2 is 1.33 bits per heavy atom. The van der Waals surface area contributed by atoms with Gasteiger partial charge in [0.15, 0.2) is 0 Å². The molecular weight excluding hydrogens is 593 g/mol. The first-order valence-corrected chi connectivity index (χ1v) is 17.0. The van der Waals surface area contributed by atoms with Crippen LogP contribution in [-0.2, 0) is 12.0 Å². The highest BCUT2D eigenvalue weighted by Gasteiger charge is 2.39. The van der Waals surface area contributed by atoms with Crippen molar-refractivity contribution in [3.63, 3.8) is 0 Å². The fourth-order valence-electron chi connectivity index (χ4n) is 8.42. The lowest BCUT2D eigenvalue weighted by Crippen LogP contribution is -2.23. The van der Waals surface area contributed by atoms with Crippen LogP contribution in [0.15, 0.2) is 151 Å². The number of benzene rings is 6. The lowest BCUT2D eigenvalue weighted by atomic mass is 9.80. The zero-order valence-corrected chi connectivity index (χ0v) is 28.0. The van der Waals surface area contributed by atoms with Crippen molar-refractivity contribution >= 4 is 38.8 Å². The van der Waals surface area contributed by atoms with Gasteiger partial charge in [0.05, 0.1) is 11.0 Å². The van der Waals surface area contributed by atoms with E-state index in [-0.39, 0.29) is 5.41 Å². The maximum atomic E-state index is 5.90. The van der Waals surface area contributed by atoms with Crippen LogP contribution in [0.2, 0.25) is 0 Å². The highest BCUT2D eigenvalue weighted by Crippen LogP contribution is 2.53. The Balaban J connectivity index is 1.26. The number of hydrogen-bond donors (Lipinski definition) is 0. The standard InChI is InChI=1S/C47H36N2/c1-5-15-36-39-29-38-33(28-43(39)47(3,4)42(36)6-2)30-48(34-16-9-7-10-17-34)44-24-22-31(27-41(38)44)32-23-25-46-40(26-32)37-20-13-14-21-45(37)49(46)35-18-11-8-12-19-35/h1,6-29H,30H2,2-4H3/b36-15?,42-6+. The molecule has 0 saturated carbocycles. The van der Waals surface area contributed by atoms with Gasteiger partial charge >= 0.3 is 0 Å². The summed E-state index contributed by atoms with van der Waals surface area (Å²) in [4.78, 5) is 2.46. The van der Waals surface area contributed by atoms with E-state index >= 15 is 0 Å². The smallest absolute Gasteiger partial charge is 0.0541 e. The van der Waals surface area contributed by atoms with Crippen molar-refractivity contribution in [3.05, 3.63) is 168 Å². The van der Waals surface area contributed by atoms with Gasteiger partial charge in [-0.15, -0.1) is 6.42 Å². The molecule has 2 nitrogen and oxygen atoms in total. The van der Waals surface area contributed by atoms with Crippen molar-refractivity contribution < 1.29 is 0 Å². The monoisotopic (exact) mass is 628 g/mol. The first kappa shape index (κ1) is 29.1. The van der Waals surface area contributed by atoms with Crippen LogP contribution in [0.3, 0.4) is 0 Å². The average Bonchev–Trinajstić information content (AvgIpc) is 3.58. The molecule has 2 heterocycles. The van der Waals surface area contributed by atoms with E-state index in [1.807, 2.05) is 6.08 Å². The van der Waals surface area contributed by atoms with Gasteiger partial charge in [-0.05, 0) is 118 Å². The van der Waals surface area contributed by atoms with Gasteiger partial charge in [0.1, 0.15) is 0 Å². The van der Waals surface area contributed by atoms with Crippen molar-refractivity contribution in [2.75, 3.05) is 4.90 Å². The fraction of sp³-hybridized carbons (Fsp3) is 0.106. The molecule has 1 aliphatic carbocycles. The van der Waals surface area contributed by atoms with Crippen LogP contribution >= 0.6 is 0 Å². The molecule has 0 unspecified atom stereocenters. The number of rotatable bonds is 3. The van der Waals surface area contributed by atoms with Gasteiger partial charge in [-0.25, -0.2) is 0 Å². The number of terminal acetylenes is 1. The van der Waals surface area contributed by atoms with Gasteiger partial charge in [-0.1, -0.05) is 98.6 Å². The first-order valence-electron chi connectivity index (χ1n) is 17.0. The summed E-state index contributed by atoms with van der Waals surface area (Å²) < 4.78 is 2.37. The van der Waals surface area contributed by atoms with Crippen molar-refractivity contribution in [3.8, 4) is 40.3 Å². The second-order valence-electron chi connectivity index (χ2n) is 13.7. The summed E-state index contributed by atoms with van der Waals surface area (Å²) in [5.41, 5.74) is 17.2. The molecule has 0 fully saturated rings. The fourth-order valence-corrected chi connectivity index (χ4v) is 8.42. The molecule has 1 aromatic heterocycles. The second-order valence-corrected chi connectivity index (χ2v) is 13.7. The minimum atomic E-state index is -0.129. The van der Waals surface area contributed by atoms with Crippen LogP contribution in [0.1, 0.15) is 37.5 Å². The molecular formula is C47H36N2. The molecule has 1 aliphatic heterocycles. The number of nitrogens with zero attached hydrogens (tertiary/aromatic N) is 2. The number of para-hydroxylation sites is 3. The molecule has 0 spiro atoms. The van der Waals surface area contributed by atoms with E-state index in [4.69, 9.17) is 6.42 Å². The van der Waals surface area contributed by atoms with Crippen LogP contribution in [0.25, 0.3) is 55.3 Å². The van der Waals surface area contributed by atoms with Crippen LogP contribution in [0.4, 0.5) is 11.4 Å². The van der Waals surface area contributed by atoms with Gasteiger partial charge in [-0.2, -0.15) is 0 Å². The molecule has 0 radical (unpaired) electrons. The maximum absolute atomic E-state index is 5.90. The molecule has 2 aliphatic rings. The Kier molecular flexibility index (Phi) is 6.54. The van der Waals surface area contributed by atoms with Crippen LogP contribution in [-0.4, -0.2) is 4.57 Å². The molecule has 234 valence electrons. The lowest BCUT2D eigenvalue weighted by molar-refractivity contribution is 0.658. The third-order valence-corrected chi connectivity index (χ3v) is 10.7. The molecule has 2 heteroatoms. The summed E-state index contributed by atoms with van der Waals surface area (Å²) >= 11 is 0. The average molecular weight is 629 g/mol. The summed E-state index contributed by atoms with van der Waals surface area (Å²) in [6.45, 7) is 7.57. The molecule has 0 saturated heterocycles. The Bertz CT molecular complexity index is 2550. The highest BCUT2D eigenvalue weighted by atomic mass is 15.1. The lowest BCUT2D eigenvalue weighted by Gasteiger charge is -2.34. The third kappa shape index (κ3) is 4.36. The molecule has 7 aromatic rings. The SMILES string of the molecule is C#CC=C1/C(=C\C)C(C)(C)c2cc3c(cc21)-c1cc(-c2ccc4c(c2)c2ccccc2n4-c2ccccc2)ccc1N(c1ccccc1)C3. The number of fused-ring (bicyclic) bond motifs is 7. The number of hydrogen-bond acceptors (Lipinski definition) is 1.